The Balaban J connectivity index is 1.57. The minimum atomic E-state index is -4.40. The van der Waals surface area contributed by atoms with E-state index in [1.807, 2.05) is 0 Å². The summed E-state index contributed by atoms with van der Waals surface area (Å²) < 4.78 is 39.2. The number of hydrogen-bond acceptors (Lipinski definition) is 5. The number of rotatable bonds is 3. The molecule has 1 aliphatic carbocycles. The first kappa shape index (κ1) is 19.7. The van der Waals surface area contributed by atoms with Crippen LogP contribution in [0.3, 0.4) is 0 Å². The normalized spacial score (nSPS) is 19.7. The first-order chi connectivity index (χ1) is 14.9. The van der Waals surface area contributed by atoms with Gasteiger partial charge in [0.15, 0.2) is 0 Å². The summed E-state index contributed by atoms with van der Waals surface area (Å²) in [5.74, 6) is 0.407. The zero-order valence-corrected chi connectivity index (χ0v) is 16.4. The number of aliphatic hydroxyl groups excluding tert-OH is 1. The Labute approximate surface area is 175 Å². The van der Waals surface area contributed by atoms with E-state index in [0.717, 1.165) is 37.8 Å². The fraction of sp³-hybridized carbons (Fsp3) is 0.318. The highest BCUT2D eigenvalue weighted by Crippen LogP contribution is 2.36. The molecule has 9 heteroatoms. The van der Waals surface area contributed by atoms with Gasteiger partial charge in [0.05, 0.1) is 23.2 Å². The third-order valence-corrected chi connectivity index (χ3v) is 5.83. The SMILES string of the molecule is O[C@@H]1CCCC[C@@H]1Nc1ncc2cncc(-c3c[nH]c4cc(C(F)(F)F)ccc34)c2n1. The van der Waals surface area contributed by atoms with Gasteiger partial charge in [-0.2, -0.15) is 13.2 Å². The maximum absolute atomic E-state index is 13.1. The van der Waals surface area contributed by atoms with Crippen LogP contribution in [0.4, 0.5) is 19.1 Å². The number of H-pyrrole nitrogens is 1. The Morgan fingerprint density at radius 2 is 1.90 bits per heavy atom. The standard InChI is InChI=1S/C22H20F3N5O/c23-22(24,25)13-5-6-14-15(11-27-18(14)7-13)16-10-26-8-12-9-28-21(30-20(12)16)29-17-3-1-2-4-19(17)31/h5-11,17,19,27,31H,1-4H2,(H,28,29,30)/t17-,19+/m0/s1. The Hall–Kier alpha value is -3.20. The number of nitrogens with zero attached hydrogens (tertiary/aromatic N) is 3. The molecule has 1 aliphatic rings. The Kier molecular flexibility index (Phi) is 4.77. The van der Waals surface area contributed by atoms with Crippen LogP contribution >= 0.6 is 0 Å². The van der Waals surface area contributed by atoms with E-state index in [9.17, 15) is 18.3 Å². The van der Waals surface area contributed by atoms with Crippen LogP contribution in [0.5, 0.6) is 0 Å². The molecule has 3 N–H and O–H groups in total. The van der Waals surface area contributed by atoms with Crippen LogP contribution in [-0.4, -0.2) is 37.2 Å². The molecular formula is C22H20F3N5O. The number of fused-ring (bicyclic) bond motifs is 2. The molecule has 3 heterocycles. The fourth-order valence-corrected chi connectivity index (χ4v) is 4.19. The molecule has 2 atom stereocenters. The minimum absolute atomic E-state index is 0.106. The third-order valence-electron chi connectivity index (χ3n) is 5.83. The molecule has 0 spiro atoms. The highest BCUT2D eigenvalue weighted by molar-refractivity contribution is 6.03. The van der Waals surface area contributed by atoms with Crippen molar-refractivity contribution < 1.29 is 18.3 Å². The first-order valence-electron chi connectivity index (χ1n) is 10.1. The zero-order valence-electron chi connectivity index (χ0n) is 16.4. The molecule has 0 bridgehead atoms. The number of aliphatic hydroxyl groups is 1. The van der Waals surface area contributed by atoms with Crippen LogP contribution in [0.2, 0.25) is 0 Å². The number of halogens is 3. The topological polar surface area (TPSA) is 86.7 Å². The number of aromatic amines is 1. The second-order valence-electron chi connectivity index (χ2n) is 7.88. The molecule has 160 valence electrons. The smallest absolute Gasteiger partial charge is 0.391 e. The van der Waals surface area contributed by atoms with Crippen LogP contribution in [-0.2, 0) is 6.18 Å². The van der Waals surface area contributed by atoms with Crippen molar-refractivity contribution in [3.63, 3.8) is 0 Å². The lowest BCUT2D eigenvalue weighted by molar-refractivity contribution is -0.137. The third kappa shape index (κ3) is 3.69. The number of alkyl halides is 3. The van der Waals surface area contributed by atoms with Gasteiger partial charge in [-0.1, -0.05) is 18.9 Å². The van der Waals surface area contributed by atoms with Crippen molar-refractivity contribution in [3.8, 4) is 11.1 Å². The summed E-state index contributed by atoms with van der Waals surface area (Å²) in [5.41, 5.74) is 1.73. The molecule has 1 fully saturated rings. The summed E-state index contributed by atoms with van der Waals surface area (Å²) in [6, 6.07) is 3.53. The number of anilines is 1. The van der Waals surface area contributed by atoms with Gasteiger partial charge in [0.1, 0.15) is 0 Å². The van der Waals surface area contributed by atoms with Crippen molar-refractivity contribution in [2.75, 3.05) is 5.32 Å². The average molecular weight is 427 g/mol. The van der Waals surface area contributed by atoms with Crippen molar-refractivity contribution >= 4 is 27.8 Å². The number of hydrogen-bond donors (Lipinski definition) is 3. The minimum Gasteiger partial charge on any atom is -0.391 e. The van der Waals surface area contributed by atoms with Gasteiger partial charge in [0.25, 0.3) is 0 Å². The van der Waals surface area contributed by atoms with Crippen molar-refractivity contribution in [1.82, 2.24) is 19.9 Å². The summed E-state index contributed by atoms with van der Waals surface area (Å²) in [4.78, 5) is 16.2. The molecule has 5 rings (SSSR count). The second kappa shape index (κ2) is 7.49. The molecule has 6 nitrogen and oxygen atoms in total. The van der Waals surface area contributed by atoms with E-state index in [0.29, 0.717) is 38.9 Å². The molecule has 1 saturated carbocycles. The molecule has 3 aromatic heterocycles. The van der Waals surface area contributed by atoms with Gasteiger partial charge in [0.2, 0.25) is 5.95 Å². The largest absolute Gasteiger partial charge is 0.416 e. The molecule has 1 aromatic carbocycles. The molecule has 31 heavy (non-hydrogen) atoms. The lowest BCUT2D eigenvalue weighted by Gasteiger charge is -2.28. The maximum atomic E-state index is 13.1. The predicted molar refractivity (Wildman–Crippen MR) is 112 cm³/mol. The van der Waals surface area contributed by atoms with Crippen LogP contribution < -0.4 is 5.32 Å². The van der Waals surface area contributed by atoms with Gasteiger partial charge in [-0.05, 0) is 25.0 Å². The molecule has 0 unspecified atom stereocenters. The maximum Gasteiger partial charge on any atom is 0.416 e. The number of aromatic nitrogens is 4. The van der Waals surface area contributed by atoms with Crippen LogP contribution in [0.1, 0.15) is 31.2 Å². The zero-order chi connectivity index (χ0) is 21.6. The van der Waals surface area contributed by atoms with Crippen LogP contribution in [0.25, 0.3) is 32.9 Å². The van der Waals surface area contributed by atoms with Gasteiger partial charge in [-0.15, -0.1) is 0 Å². The van der Waals surface area contributed by atoms with Crippen molar-refractivity contribution in [3.05, 3.63) is 48.5 Å². The van der Waals surface area contributed by atoms with E-state index in [2.05, 4.69) is 25.3 Å². The van der Waals surface area contributed by atoms with E-state index < -0.39 is 17.8 Å². The monoisotopic (exact) mass is 427 g/mol. The van der Waals surface area contributed by atoms with E-state index in [-0.39, 0.29) is 6.04 Å². The number of benzene rings is 1. The highest BCUT2D eigenvalue weighted by atomic mass is 19.4. The van der Waals surface area contributed by atoms with Gasteiger partial charge >= 0.3 is 6.18 Å². The Bertz CT molecular complexity index is 1250. The summed E-state index contributed by atoms with van der Waals surface area (Å²) in [5, 5.41) is 14.8. The molecular weight excluding hydrogens is 407 g/mol. The fourth-order valence-electron chi connectivity index (χ4n) is 4.19. The molecule has 4 aromatic rings. The van der Waals surface area contributed by atoms with Gasteiger partial charge in [0, 0.05) is 52.2 Å². The summed E-state index contributed by atoms with van der Waals surface area (Å²) >= 11 is 0. The van der Waals surface area contributed by atoms with E-state index >= 15 is 0 Å². The van der Waals surface area contributed by atoms with E-state index in [1.165, 1.54) is 6.07 Å². The molecule has 0 radical (unpaired) electrons. The van der Waals surface area contributed by atoms with Crippen LogP contribution in [0, 0.1) is 0 Å². The van der Waals surface area contributed by atoms with Gasteiger partial charge in [-0.3, -0.25) is 4.98 Å². The van der Waals surface area contributed by atoms with Crippen molar-refractivity contribution in [2.24, 2.45) is 0 Å². The molecule has 0 amide bonds. The van der Waals surface area contributed by atoms with E-state index in [4.69, 9.17) is 0 Å². The van der Waals surface area contributed by atoms with Gasteiger partial charge < -0.3 is 15.4 Å². The Morgan fingerprint density at radius 1 is 1.06 bits per heavy atom. The quantitative estimate of drug-likeness (QED) is 0.433. The van der Waals surface area contributed by atoms with Crippen molar-refractivity contribution in [1.29, 1.82) is 0 Å². The number of pyridine rings is 1. The summed E-state index contributed by atoms with van der Waals surface area (Å²) in [6.45, 7) is 0. The lowest BCUT2D eigenvalue weighted by Crippen LogP contribution is -2.36. The van der Waals surface area contributed by atoms with Gasteiger partial charge in [-0.25, -0.2) is 9.97 Å². The highest BCUT2D eigenvalue weighted by Gasteiger charge is 2.31. The average Bonchev–Trinajstić information content (AvgIpc) is 3.17. The second-order valence-corrected chi connectivity index (χ2v) is 7.88. The van der Waals surface area contributed by atoms with E-state index in [1.54, 1.807) is 24.8 Å². The summed E-state index contributed by atoms with van der Waals surface area (Å²) in [7, 11) is 0. The first-order valence-corrected chi connectivity index (χ1v) is 10.1. The molecule has 0 saturated heterocycles. The molecule has 0 aliphatic heterocycles. The predicted octanol–water partition coefficient (Wildman–Crippen LogP) is 4.91. The Morgan fingerprint density at radius 3 is 2.71 bits per heavy atom. The van der Waals surface area contributed by atoms with Crippen LogP contribution in [0.15, 0.2) is 43.0 Å². The number of nitrogens with one attached hydrogen (secondary N) is 2. The lowest BCUT2D eigenvalue weighted by atomic mass is 9.93. The van der Waals surface area contributed by atoms with Crippen molar-refractivity contribution in [2.45, 2.75) is 44.0 Å². The summed E-state index contributed by atoms with van der Waals surface area (Å²) in [6.07, 6.45) is 5.40.